The van der Waals surface area contributed by atoms with Crippen molar-refractivity contribution < 1.29 is 19.5 Å². The zero-order valence-electron chi connectivity index (χ0n) is 22.5. The fourth-order valence-corrected chi connectivity index (χ4v) is 5.71. The standard InChI is InChI=1S/C17H17ClN2O2S.C13H18N2O2/c18-13-3-5-14(6-4-13)19-17(22)20-9-7-12(8-10-20)16(21)15-2-1-11-23-15;1-10-4-2-3-9-15(10)13(17)14-11-5-7-12(16)8-6-11/h1-6,11-12H,7-10H2,(H,19,22);5-8,10,16H,2-4,9H2,1H3,(H,14,17). The third-order valence-corrected chi connectivity index (χ3v) is 8.33. The predicted octanol–water partition coefficient (Wildman–Crippen LogP) is 7.33. The average Bonchev–Trinajstić information content (AvgIpc) is 3.51. The number of halogens is 1. The molecule has 2 saturated heterocycles. The first kappa shape index (κ1) is 29.4. The Hall–Kier alpha value is -3.56. The Bertz CT molecular complexity index is 1260. The molecule has 5 rings (SSSR count). The van der Waals surface area contributed by atoms with E-state index in [0.29, 0.717) is 42.7 Å². The number of aromatic hydroxyl groups is 1. The molecule has 3 aromatic rings. The summed E-state index contributed by atoms with van der Waals surface area (Å²) in [5, 5.41) is 17.4. The van der Waals surface area contributed by atoms with Crippen LogP contribution in [0.1, 0.15) is 48.7 Å². The Morgan fingerprint density at radius 1 is 0.850 bits per heavy atom. The Balaban J connectivity index is 0.000000194. The van der Waals surface area contributed by atoms with Crippen LogP contribution in [0, 0.1) is 5.92 Å². The lowest BCUT2D eigenvalue weighted by molar-refractivity contribution is 0.0863. The lowest BCUT2D eigenvalue weighted by atomic mass is 9.92. The van der Waals surface area contributed by atoms with Crippen LogP contribution >= 0.6 is 22.9 Å². The van der Waals surface area contributed by atoms with Gasteiger partial charge in [0, 0.05) is 48.0 Å². The molecule has 0 saturated carbocycles. The molecule has 0 bridgehead atoms. The van der Waals surface area contributed by atoms with Crippen LogP contribution in [-0.4, -0.2) is 58.4 Å². The number of carbonyl (C=O) groups excluding carboxylic acids is 3. The third-order valence-electron chi connectivity index (χ3n) is 7.19. The van der Waals surface area contributed by atoms with Gasteiger partial charge in [0.25, 0.3) is 0 Å². The summed E-state index contributed by atoms with van der Waals surface area (Å²) in [6.45, 7) is 4.10. The Morgan fingerprint density at radius 2 is 1.48 bits per heavy atom. The van der Waals surface area contributed by atoms with Crippen molar-refractivity contribution >= 4 is 52.2 Å². The molecule has 2 aromatic carbocycles. The first-order chi connectivity index (χ1) is 19.3. The highest BCUT2D eigenvalue weighted by Gasteiger charge is 2.28. The minimum Gasteiger partial charge on any atom is -0.508 e. The molecule has 0 aliphatic carbocycles. The molecular formula is C30H35ClN4O4S. The first-order valence-electron chi connectivity index (χ1n) is 13.6. The smallest absolute Gasteiger partial charge is 0.322 e. The van der Waals surface area contributed by atoms with Crippen molar-refractivity contribution in [2.75, 3.05) is 30.3 Å². The van der Waals surface area contributed by atoms with E-state index in [1.807, 2.05) is 22.4 Å². The van der Waals surface area contributed by atoms with Crippen molar-refractivity contribution in [3.05, 3.63) is 75.9 Å². The van der Waals surface area contributed by atoms with Crippen LogP contribution in [0.5, 0.6) is 5.75 Å². The van der Waals surface area contributed by atoms with Crippen molar-refractivity contribution in [3.8, 4) is 5.75 Å². The lowest BCUT2D eigenvalue weighted by Crippen LogP contribution is -2.44. The molecule has 2 aliphatic rings. The van der Waals surface area contributed by atoms with Crippen molar-refractivity contribution in [1.29, 1.82) is 0 Å². The number of nitrogens with zero attached hydrogens (tertiary/aromatic N) is 2. The zero-order valence-corrected chi connectivity index (χ0v) is 24.1. The minimum absolute atomic E-state index is 0.0215. The van der Waals surface area contributed by atoms with E-state index < -0.39 is 0 Å². The highest BCUT2D eigenvalue weighted by molar-refractivity contribution is 7.12. The summed E-state index contributed by atoms with van der Waals surface area (Å²) in [6, 6.07) is 17.4. The predicted molar refractivity (Wildman–Crippen MR) is 161 cm³/mol. The molecule has 8 nitrogen and oxygen atoms in total. The summed E-state index contributed by atoms with van der Waals surface area (Å²) in [6.07, 6.45) is 4.77. The lowest BCUT2D eigenvalue weighted by Gasteiger charge is -2.33. The van der Waals surface area contributed by atoms with Gasteiger partial charge >= 0.3 is 12.1 Å². The molecule has 3 heterocycles. The number of Topliss-reactive ketones (excluding diaryl/α,β-unsaturated/α-hetero) is 1. The normalized spacial score (nSPS) is 17.4. The summed E-state index contributed by atoms with van der Waals surface area (Å²) < 4.78 is 0. The summed E-state index contributed by atoms with van der Waals surface area (Å²) >= 11 is 7.31. The molecule has 40 heavy (non-hydrogen) atoms. The molecule has 0 spiro atoms. The van der Waals surface area contributed by atoms with Gasteiger partial charge in [0.1, 0.15) is 5.75 Å². The van der Waals surface area contributed by atoms with E-state index in [2.05, 4.69) is 17.6 Å². The van der Waals surface area contributed by atoms with Gasteiger partial charge in [-0.15, -0.1) is 11.3 Å². The van der Waals surface area contributed by atoms with Crippen LogP contribution in [0.2, 0.25) is 5.02 Å². The number of ketones is 1. The van der Waals surface area contributed by atoms with Crippen LogP contribution in [0.4, 0.5) is 21.0 Å². The number of hydrogen-bond donors (Lipinski definition) is 3. The van der Waals surface area contributed by atoms with Gasteiger partial charge in [0.05, 0.1) is 4.88 Å². The van der Waals surface area contributed by atoms with Gasteiger partial charge in [0.2, 0.25) is 0 Å². The van der Waals surface area contributed by atoms with Crippen molar-refractivity contribution in [2.24, 2.45) is 5.92 Å². The average molecular weight is 583 g/mol. The SMILES string of the molecule is CC1CCCCN1C(=O)Nc1ccc(O)cc1.O=C(c1cccs1)C1CCN(C(=O)Nc2ccc(Cl)cc2)CC1. The fourth-order valence-electron chi connectivity index (χ4n) is 4.84. The number of rotatable bonds is 4. The second-order valence-corrected chi connectivity index (χ2v) is 11.4. The van der Waals surface area contributed by atoms with Crippen LogP contribution in [0.15, 0.2) is 66.0 Å². The molecule has 212 valence electrons. The third kappa shape index (κ3) is 8.22. The zero-order chi connectivity index (χ0) is 28.5. The van der Waals surface area contributed by atoms with Gasteiger partial charge in [0.15, 0.2) is 5.78 Å². The molecule has 3 N–H and O–H groups in total. The van der Waals surface area contributed by atoms with Crippen LogP contribution in [0.3, 0.4) is 0 Å². The van der Waals surface area contributed by atoms with Crippen LogP contribution in [-0.2, 0) is 0 Å². The van der Waals surface area contributed by atoms with Gasteiger partial charge in [-0.25, -0.2) is 9.59 Å². The topological polar surface area (TPSA) is 102 Å². The van der Waals surface area contributed by atoms with Gasteiger partial charge < -0.3 is 25.5 Å². The number of nitrogens with one attached hydrogen (secondary N) is 2. The quantitative estimate of drug-likeness (QED) is 0.221. The highest BCUT2D eigenvalue weighted by atomic mass is 35.5. The van der Waals surface area contributed by atoms with E-state index in [4.69, 9.17) is 16.7 Å². The number of thiophene rings is 1. The summed E-state index contributed by atoms with van der Waals surface area (Å²) in [4.78, 5) is 41.1. The van der Waals surface area contributed by atoms with Gasteiger partial charge in [-0.1, -0.05) is 17.7 Å². The Kier molecular flexibility index (Phi) is 10.4. The Morgan fingerprint density at radius 3 is 2.08 bits per heavy atom. The number of carbonyl (C=O) groups is 3. The van der Waals surface area contributed by atoms with Crippen molar-refractivity contribution in [2.45, 2.75) is 45.1 Å². The number of amides is 4. The highest BCUT2D eigenvalue weighted by Crippen LogP contribution is 2.25. The molecule has 2 aliphatic heterocycles. The summed E-state index contributed by atoms with van der Waals surface area (Å²) in [5.41, 5.74) is 1.43. The number of anilines is 2. The number of phenolic OH excluding ortho intramolecular Hbond substituents is 1. The second-order valence-electron chi connectivity index (χ2n) is 10.1. The molecule has 1 aromatic heterocycles. The molecule has 0 radical (unpaired) electrons. The van der Waals surface area contributed by atoms with Crippen LogP contribution in [0.25, 0.3) is 0 Å². The van der Waals surface area contributed by atoms with E-state index in [9.17, 15) is 14.4 Å². The van der Waals surface area contributed by atoms with E-state index in [-0.39, 0.29) is 29.5 Å². The molecule has 2 fully saturated rings. The number of phenols is 1. The minimum atomic E-state index is -0.130. The van der Waals surface area contributed by atoms with Crippen LogP contribution < -0.4 is 10.6 Å². The van der Waals surface area contributed by atoms with E-state index >= 15 is 0 Å². The maximum absolute atomic E-state index is 12.3. The summed E-state index contributed by atoms with van der Waals surface area (Å²) in [7, 11) is 0. The molecule has 10 heteroatoms. The number of hydrogen-bond acceptors (Lipinski definition) is 5. The fraction of sp³-hybridized carbons (Fsp3) is 0.367. The molecule has 4 amide bonds. The maximum atomic E-state index is 12.3. The maximum Gasteiger partial charge on any atom is 0.322 e. The van der Waals surface area contributed by atoms with Crippen molar-refractivity contribution in [1.82, 2.24) is 9.80 Å². The van der Waals surface area contributed by atoms with Gasteiger partial charge in [-0.3, -0.25) is 4.79 Å². The second kappa shape index (κ2) is 14.2. The molecule has 1 unspecified atom stereocenters. The monoisotopic (exact) mass is 582 g/mol. The molecular weight excluding hydrogens is 548 g/mol. The number of urea groups is 2. The summed E-state index contributed by atoms with van der Waals surface area (Å²) in [5.74, 6) is 0.431. The van der Waals surface area contributed by atoms with E-state index in [1.165, 1.54) is 17.8 Å². The van der Waals surface area contributed by atoms with Gasteiger partial charge in [-0.05, 0) is 99.0 Å². The molecule has 1 atom stereocenters. The Labute approximate surface area is 243 Å². The number of benzene rings is 2. The van der Waals surface area contributed by atoms with Gasteiger partial charge in [-0.2, -0.15) is 0 Å². The largest absolute Gasteiger partial charge is 0.508 e. The van der Waals surface area contributed by atoms with E-state index in [1.54, 1.807) is 53.4 Å². The number of piperidine rings is 2. The van der Waals surface area contributed by atoms with Crippen molar-refractivity contribution in [3.63, 3.8) is 0 Å². The first-order valence-corrected chi connectivity index (χ1v) is 14.8. The number of likely N-dealkylation sites (tertiary alicyclic amines) is 2. The van der Waals surface area contributed by atoms with E-state index in [0.717, 1.165) is 30.0 Å².